The summed E-state index contributed by atoms with van der Waals surface area (Å²) in [5.74, 6) is -0.429. The molecule has 1 rings (SSSR count). The molecule has 0 spiro atoms. The quantitative estimate of drug-likeness (QED) is 0.698. The predicted octanol–water partition coefficient (Wildman–Crippen LogP) is -0.204. The summed E-state index contributed by atoms with van der Waals surface area (Å²) in [4.78, 5) is 27.6. The van der Waals surface area contributed by atoms with E-state index >= 15 is 0 Å². The minimum atomic E-state index is -0.935. The lowest BCUT2D eigenvalue weighted by Crippen LogP contribution is -2.12. The fourth-order valence-corrected chi connectivity index (χ4v) is 0.932. The van der Waals surface area contributed by atoms with Crippen molar-refractivity contribution in [3.8, 4) is 5.88 Å². The van der Waals surface area contributed by atoms with Gasteiger partial charge in [-0.15, -0.1) is 0 Å². The van der Waals surface area contributed by atoms with Gasteiger partial charge in [-0.2, -0.15) is 0 Å². The zero-order valence-corrected chi connectivity index (χ0v) is 7.61. The summed E-state index contributed by atoms with van der Waals surface area (Å²) in [6.07, 6.45) is 0.109. The van der Waals surface area contributed by atoms with Gasteiger partial charge in [0.1, 0.15) is 5.82 Å². The van der Waals surface area contributed by atoms with Crippen LogP contribution in [-0.4, -0.2) is 28.2 Å². The van der Waals surface area contributed by atoms with Gasteiger partial charge < -0.3 is 14.8 Å². The van der Waals surface area contributed by atoms with Gasteiger partial charge in [-0.3, -0.25) is 9.59 Å². The molecule has 0 fully saturated rings. The van der Waals surface area contributed by atoms with Crippen molar-refractivity contribution in [2.75, 3.05) is 7.11 Å². The predicted molar refractivity (Wildman–Crippen MR) is 47.4 cm³/mol. The van der Waals surface area contributed by atoms with Gasteiger partial charge in [0.15, 0.2) is 0 Å². The van der Waals surface area contributed by atoms with Crippen molar-refractivity contribution < 1.29 is 14.6 Å². The largest absolute Gasteiger partial charge is 0.481 e. The van der Waals surface area contributed by atoms with Crippen molar-refractivity contribution in [1.82, 2.24) is 9.97 Å². The molecule has 0 unspecified atom stereocenters. The molecule has 0 bridgehead atoms. The number of hydrogen-bond donors (Lipinski definition) is 2. The van der Waals surface area contributed by atoms with Crippen LogP contribution in [-0.2, 0) is 11.2 Å². The number of carboxylic acids is 1. The number of aryl methyl sites for hydroxylation is 1. The average Bonchev–Trinajstić information content (AvgIpc) is 2.14. The molecule has 1 heterocycles. The number of aromatic nitrogens is 2. The fourth-order valence-electron chi connectivity index (χ4n) is 0.932. The molecule has 0 saturated heterocycles. The summed E-state index contributed by atoms with van der Waals surface area (Å²) >= 11 is 0. The third-order valence-corrected chi connectivity index (χ3v) is 1.55. The maximum Gasteiger partial charge on any atom is 0.303 e. The molecule has 0 aromatic carbocycles. The van der Waals surface area contributed by atoms with Gasteiger partial charge in [0.25, 0.3) is 5.56 Å². The molecular formula is C8H10N2O4. The maximum atomic E-state index is 11.0. The molecule has 0 amide bonds. The third-order valence-electron chi connectivity index (χ3n) is 1.55. The lowest BCUT2D eigenvalue weighted by atomic mass is 10.3. The monoisotopic (exact) mass is 198 g/mol. The standard InChI is InChI=1S/C8H10N2O4/c1-14-7-4-6(11)9-5(10-7)2-3-8(12)13/h4H,2-3H2,1H3,(H,12,13)(H,9,10,11). The first-order chi connectivity index (χ1) is 6.61. The van der Waals surface area contributed by atoms with E-state index in [2.05, 4.69) is 9.97 Å². The number of aromatic amines is 1. The first-order valence-electron chi connectivity index (χ1n) is 3.98. The van der Waals surface area contributed by atoms with Gasteiger partial charge in [0, 0.05) is 6.42 Å². The Bertz CT molecular complexity index is 385. The van der Waals surface area contributed by atoms with Crippen molar-refractivity contribution in [3.63, 3.8) is 0 Å². The van der Waals surface area contributed by atoms with Crippen molar-refractivity contribution in [1.29, 1.82) is 0 Å². The van der Waals surface area contributed by atoms with E-state index in [1.165, 1.54) is 13.2 Å². The van der Waals surface area contributed by atoms with E-state index < -0.39 is 5.97 Å². The van der Waals surface area contributed by atoms with Crippen LogP contribution in [0, 0.1) is 0 Å². The van der Waals surface area contributed by atoms with E-state index in [1.54, 1.807) is 0 Å². The number of nitrogens with zero attached hydrogens (tertiary/aromatic N) is 1. The SMILES string of the molecule is COc1cc(=O)[nH]c(CCC(=O)O)n1. The highest BCUT2D eigenvalue weighted by Gasteiger charge is 2.03. The minimum Gasteiger partial charge on any atom is -0.481 e. The lowest BCUT2D eigenvalue weighted by Gasteiger charge is -2.00. The molecule has 14 heavy (non-hydrogen) atoms. The molecule has 0 atom stereocenters. The van der Waals surface area contributed by atoms with Gasteiger partial charge in [-0.1, -0.05) is 0 Å². The van der Waals surface area contributed by atoms with Crippen LogP contribution in [0.3, 0.4) is 0 Å². The van der Waals surface area contributed by atoms with Crippen molar-refractivity contribution in [2.24, 2.45) is 0 Å². The molecule has 6 nitrogen and oxygen atoms in total. The van der Waals surface area contributed by atoms with E-state index in [-0.39, 0.29) is 24.3 Å². The number of nitrogens with one attached hydrogen (secondary N) is 1. The average molecular weight is 198 g/mol. The number of carbonyl (C=O) groups is 1. The summed E-state index contributed by atoms with van der Waals surface area (Å²) in [6.45, 7) is 0. The van der Waals surface area contributed by atoms with Crippen molar-refractivity contribution in [2.45, 2.75) is 12.8 Å². The van der Waals surface area contributed by atoms with Gasteiger partial charge in [0.2, 0.25) is 5.88 Å². The number of rotatable bonds is 4. The van der Waals surface area contributed by atoms with E-state index in [1.807, 2.05) is 0 Å². The van der Waals surface area contributed by atoms with E-state index in [0.29, 0.717) is 5.82 Å². The summed E-state index contributed by atoms with van der Waals surface area (Å²) in [6, 6.07) is 1.20. The first-order valence-corrected chi connectivity index (χ1v) is 3.98. The Labute approximate surface area is 79.6 Å². The van der Waals surface area contributed by atoms with Crippen LogP contribution in [0.2, 0.25) is 0 Å². The molecule has 6 heteroatoms. The summed E-state index contributed by atoms with van der Waals surface area (Å²) in [5.41, 5.74) is -0.350. The maximum absolute atomic E-state index is 11.0. The third kappa shape index (κ3) is 2.89. The number of ether oxygens (including phenoxy) is 1. The summed E-state index contributed by atoms with van der Waals surface area (Å²) < 4.78 is 4.76. The number of methoxy groups -OCH3 is 1. The highest BCUT2D eigenvalue weighted by atomic mass is 16.5. The molecule has 1 aromatic heterocycles. The first kappa shape index (κ1) is 10.2. The molecular weight excluding hydrogens is 188 g/mol. The van der Waals surface area contributed by atoms with Gasteiger partial charge in [-0.25, -0.2) is 4.98 Å². The smallest absolute Gasteiger partial charge is 0.303 e. The zero-order valence-electron chi connectivity index (χ0n) is 7.61. The Morgan fingerprint density at radius 1 is 1.71 bits per heavy atom. The zero-order chi connectivity index (χ0) is 10.6. The lowest BCUT2D eigenvalue weighted by molar-refractivity contribution is -0.137. The van der Waals surface area contributed by atoms with E-state index in [0.717, 1.165) is 0 Å². The Kier molecular flexibility index (Phi) is 3.22. The minimum absolute atomic E-state index is 0.0733. The highest BCUT2D eigenvalue weighted by Crippen LogP contribution is 2.02. The second-order valence-electron chi connectivity index (χ2n) is 2.63. The Balaban J connectivity index is 2.81. The highest BCUT2D eigenvalue weighted by molar-refractivity contribution is 5.66. The molecule has 0 aliphatic rings. The van der Waals surface area contributed by atoms with Crippen LogP contribution in [0.5, 0.6) is 5.88 Å². The molecule has 0 aliphatic heterocycles. The summed E-state index contributed by atoms with van der Waals surface area (Å²) in [7, 11) is 1.39. The number of aliphatic carboxylic acids is 1. The second kappa shape index (κ2) is 4.40. The van der Waals surface area contributed by atoms with Gasteiger partial charge in [0.05, 0.1) is 19.6 Å². The van der Waals surface area contributed by atoms with Crippen molar-refractivity contribution >= 4 is 5.97 Å². The van der Waals surface area contributed by atoms with Crippen LogP contribution in [0.15, 0.2) is 10.9 Å². The molecule has 0 saturated carbocycles. The molecule has 76 valence electrons. The number of H-pyrrole nitrogens is 1. The molecule has 0 radical (unpaired) electrons. The molecule has 1 aromatic rings. The summed E-state index contributed by atoms with van der Waals surface area (Å²) in [5, 5.41) is 8.42. The van der Waals surface area contributed by atoms with E-state index in [4.69, 9.17) is 9.84 Å². The topological polar surface area (TPSA) is 92.3 Å². The van der Waals surface area contributed by atoms with Gasteiger partial charge in [-0.05, 0) is 0 Å². The molecule has 0 aliphatic carbocycles. The Hall–Kier alpha value is -1.85. The second-order valence-corrected chi connectivity index (χ2v) is 2.63. The van der Waals surface area contributed by atoms with Crippen LogP contribution >= 0.6 is 0 Å². The number of hydrogen-bond acceptors (Lipinski definition) is 4. The van der Waals surface area contributed by atoms with Crippen LogP contribution in [0.1, 0.15) is 12.2 Å². The van der Waals surface area contributed by atoms with Gasteiger partial charge >= 0.3 is 5.97 Å². The Morgan fingerprint density at radius 3 is 3.00 bits per heavy atom. The van der Waals surface area contributed by atoms with E-state index in [9.17, 15) is 9.59 Å². The van der Waals surface area contributed by atoms with Crippen LogP contribution in [0.4, 0.5) is 0 Å². The normalized spacial score (nSPS) is 9.79. The fraction of sp³-hybridized carbons (Fsp3) is 0.375. The van der Waals surface area contributed by atoms with Crippen molar-refractivity contribution in [3.05, 3.63) is 22.2 Å². The number of carboxylic acid groups (broad SMARTS) is 1. The molecule has 2 N–H and O–H groups in total. The van der Waals surface area contributed by atoms with Crippen LogP contribution in [0.25, 0.3) is 0 Å². The van der Waals surface area contributed by atoms with Crippen LogP contribution < -0.4 is 10.3 Å². The Morgan fingerprint density at radius 2 is 2.43 bits per heavy atom.